The lowest BCUT2D eigenvalue weighted by molar-refractivity contribution is -0.137. The number of halogens is 4. The second-order valence-corrected chi connectivity index (χ2v) is 6.78. The van der Waals surface area contributed by atoms with Crippen LogP contribution in [0, 0.1) is 0 Å². The van der Waals surface area contributed by atoms with Crippen LogP contribution in [-0.2, 0) is 6.18 Å². The van der Waals surface area contributed by atoms with Crippen molar-refractivity contribution in [2.75, 3.05) is 26.2 Å². The summed E-state index contributed by atoms with van der Waals surface area (Å²) >= 11 is 3.43. The lowest BCUT2D eigenvalue weighted by Gasteiger charge is -2.35. The molecule has 0 spiro atoms. The Hall–Kier alpha value is -1.37. The Balaban J connectivity index is 1.96. The molecule has 0 aliphatic carbocycles. The molecule has 1 saturated heterocycles. The monoisotopic (exact) mass is 398 g/mol. The zero-order chi connectivity index (χ0) is 17.2. The van der Waals surface area contributed by atoms with Crippen LogP contribution in [0.4, 0.5) is 13.2 Å². The normalized spacial score (nSPS) is 17.7. The van der Waals surface area contributed by atoms with Gasteiger partial charge in [-0.1, -0.05) is 40.2 Å². The van der Waals surface area contributed by atoms with Crippen LogP contribution in [0.3, 0.4) is 0 Å². The summed E-state index contributed by atoms with van der Waals surface area (Å²) in [4.78, 5) is 2.31. The van der Waals surface area contributed by atoms with Crippen molar-refractivity contribution in [2.45, 2.75) is 12.2 Å². The SMILES string of the molecule is FC(F)(F)c1ccc(C(c2ccc(Br)cc2)N2CCNCC2)cc1. The highest BCUT2D eigenvalue weighted by atomic mass is 79.9. The minimum atomic E-state index is -4.30. The van der Waals surface area contributed by atoms with Crippen LogP contribution >= 0.6 is 15.9 Å². The van der Waals surface area contributed by atoms with Crippen LogP contribution < -0.4 is 5.32 Å². The number of alkyl halides is 3. The molecule has 1 atom stereocenters. The van der Waals surface area contributed by atoms with Gasteiger partial charge in [0, 0.05) is 30.7 Å². The van der Waals surface area contributed by atoms with Gasteiger partial charge in [0.15, 0.2) is 0 Å². The standard InChI is InChI=1S/C18H18BrF3N2/c19-16-7-3-14(4-8-16)17(24-11-9-23-10-12-24)13-1-5-15(6-2-13)18(20,21)22/h1-8,17,23H,9-12H2. The van der Waals surface area contributed by atoms with Crippen molar-refractivity contribution in [3.05, 3.63) is 69.7 Å². The molecule has 24 heavy (non-hydrogen) atoms. The molecular formula is C18H18BrF3N2. The van der Waals surface area contributed by atoms with Crippen LogP contribution in [0.15, 0.2) is 53.0 Å². The minimum Gasteiger partial charge on any atom is -0.314 e. The quantitative estimate of drug-likeness (QED) is 0.820. The molecular weight excluding hydrogens is 381 g/mol. The summed E-state index contributed by atoms with van der Waals surface area (Å²) in [6, 6.07) is 13.5. The number of rotatable bonds is 3. The number of benzene rings is 2. The first kappa shape index (κ1) is 17.5. The highest BCUT2D eigenvalue weighted by Crippen LogP contribution is 2.33. The van der Waals surface area contributed by atoms with Gasteiger partial charge in [0.05, 0.1) is 11.6 Å². The van der Waals surface area contributed by atoms with Crippen LogP contribution in [-0.4, -0.2) is 31.1 Å². The average molecular weight is 399 g/mol. The number of nitrogens with zero attached hydrogens (tertiary/aromatic N) is 1. The second kappa shape index (κ2) is 7.25. The Morgan fingerprint density at radius 1 is 0.875 bits per heavy atom. The van der Waals surface area contributed by atoms with Gasteiger partial charge in [-0.15, -0.1) is 0 Å². The van der Waals surface area contributed by atoms with E-state index >= 15 is 0 Å². The molecule has 0 saturated carbocycles. The summed E-state index contributed by atoms with van der Waals surface area (Å²) in [6.07, 6.45) is -4.30. The molecule has 128 valence electrons. The van der Waals surface area contributed by atoms with E-state index in [4.69, 9.17) is 0 Å². The van der Waals surface area contributed by atoms with Crippen LogP contribution in [0.2, 0.25) is 0 Å². The van der Waals surface area contributed by atoms with Crippen LogP contribution in [0.5, 0.6) is 0 Å². The van der Waals surface area contributed by atoms with E-state index < -0.39 is 11.7 Å². The Labute approximate surface area is 147 Å². The molecule has 0 bridgehead atoms. The highest BCUT2D eigenvalue weighted by molar-refractivity contribution is 9.10. The third-order valence-corrected chi connectivity index (χ3v) is 4.78. The van der Waals surface area contributed by atoms with Crippen molar-refractivity contribution in [1.29, 1.82) is 0 Å². The van der Waals surface area contributed by atoms with Gasteiger partial charge in [0.1, 0.15) is 0 Å². The predicted octanol–water partition coefficient (Wildman–Crippen LogP) is 4.46. The smallest absolute Gasteiger partial charge is 0.314 e. The number of hydrogen-bond donors (Lipinski definition) is 1. The minimum absolute atomic E-state index is 0.0394. The summed E-state index contributed by atoms with van der Waals surface area (Å²) in [6.45, 7) is 3.49. The van der Waals surface area contributed by atoms with E-state index in [9.17, 15) is 13.2 Å². The first-order valence-corrected chi connectivity index (χ1v) is 8.62. The molecule has 0 amide bonds. The van der Waals surface area contributed by atoms with Crippen molar-refractivity contribution in [3.63, 3.8) is 0 Å². The van der Waals surface area contributed by atoms with Crippen molar-refractivity contribution >= 4 is 15.9 Å². The molecule has 1 heterocycles. The Kier molecular flexibility index (Phi) is 5.27. The summed E-state index contributed by atoms with van der Waals surface area (Å²) in [5.74, 6) is 0. The van der Waals surface area contributed by atoms with Gasteiger partial charge < -0.3 is 5.32 Å². The molecule has 1 unspecified atom stereocenters. The van der Waals surface area contributed by atoms with Crippen molar-refractivity contribution in [3.8, 4) is 0 Å². The molecule has 3 rings (SSSR count). The van der Waals surface area contributed by atoms with E-state index in [1.807, 2.05) is 24.3 Å². The Morgan fingerprint density at radius 2 is 1.38 bits per heavy atom. The molecule has 6 heteroatoms. The van der Waals surface area contributed by atoms with Gasteiger partial charge in [0.2, 0.25) is 0 Å². The second-order valence-electron chi connectivity index (χ2n) is 5.86. The van der Waals surface area contributed by atoms with E-state index in [1.54, 1.807) is 12.1 Å². The fourth-order valence-electron chi connectivity index (χ4n) is 3.05. The fourth-order valence-corrected chi connectivity index (χ4v) is 3.32. The van der Waals surface area contributed by atoms with E-state index in [0.717, 1.165) is 41.8 Å². The molecule has 1 aliphatic heterocycles. The predicted molar refractivity (Wildman–Crippen MR) is 91.9 cm³/mol. The highest BCUT2D eigenvalue weighted by Gasteiger charge is 2.31. The van der Waals surface area contributed by atoms with Crippen molar-refractivity contribution in [1.82, 2.24) is 10.2 Å². The average Bonchev–Trinajstić information content (AvgIpc) is 2.58. The first-order chi connectivity index (χ1) is 11.4. The zero-order valence-corrected chi connectivity index (χ0v) is 14.6. The molecule has 0 radical (unpaired) electrons. The van der Waals surface area contributed by atoms with Gasteiger partial charge in [-0.05, 0) is 35.4 Å². The molecule has 2 aromatic carbocycles. The van der Waals surface area contributed by atoms with E-state index in [0.29, 0.717) is 0 Å². The lowest BCUT2D eigenvalue weighted by Crippen LogP contribution is -2.45. The molecule has 1 N–H and O–H groups in total. The number of nitrogens with one attached hydrogen (secondary N) is 1. The van der Waals surface area contributed by atoms with E-state index in [1.165, 1.54) is 12.1 Å². The van der Waals surface area contributed by atoms with Crippen molar-refractivity contribution in [2.24, 2.45) is 0 Å². The van der Waals surface area contributed by atoms with Gasteiger partial charge in [-0.3, -0.25) is 4.90 Å². The molecule has 0 aromatic heterocycles. The molecule has 1 fully saturated rings. The fraction of sp³-hybridized carbons (Fsp3) is 0.333. The largest absolute Gasteiger partial charge is 0.416 e. The maximum Gasteiger partial charge on any atom is 0.416 e. The maximum absolute atomic E-state index is 12.8. The summed E-state index contributed by atoms with van der Waals surface area (Å²) in [7, 11) is 0. The third kappa shape index (κ3) is 3.99. The van der Waals surface area contributed by atoms with Gasteiger partial charge in [-0.25, -0.2) is 0 Å². The van der Waals surface area contributed by atoms with E-state index in [2.05, 4.69) is 26.1 Å². The third-order valence-electron chi connectivity index (χ3n) is 4.26. The topological polar surface area (TPSA) is 15.3 Å². The number of piperazine rings is 1. The maximum atomic E-state index is 12.8. The van der Waals surface area contributed by atoms with Gasteiger partial charge in [0.25, 0.3) is 0 Å². The zero-order valence-electron chi connectivity index (χ0n) is 13.0. The number of hydrogen-bond acceptors (Lipinski definition) is 2. The van der Waals surface area contributed by atoms with Gasteiger partial charge >= 0.3 is 6.18 Å². The molecule has 2 nitrogen and oxygen atoms in total. The van der Waals surface area contributed by atoms with Crippen LogP contribution in [0.1, 0.15) is 22.7 Å². The molecule has 2 aromatic rings. The summed E-state index contributed by atoms with van der Waals surface area (Å²) in [5.41, 5.74) is 1.35. The first-order valence-electron chi connectivity index (χ1n) is 7.82. The molecule has 1 aliphatic rings. The Morgan fingerprint density at radius 3 is 1.88 bits per heavy atom. The lowest BCUT2D eigenvalue weighted by atomic mass is 9.95. The summed E-state index contributed by atoms with van der Waals surface area (Å²) in [5, 5.41) is 3.31. The van der Waals surface area contributed by atoms with Gasteiger partial charge in [-0.2, -0.15) is 13.2 Å². The Bertz CT molecular complexity index is 662. The van der Waals surface area contributed by atoms with E-state index in [-0.39, 0.29) is 6.04 Å². The van der Waals surface area contributed by atoms with Crippen molar-refractivity contribution < 1.29 is 13.2 Å². The van der Waals surface area contributed by atoms with Crippen LogP contribution in [0.25, 0.3) is 0 Å². The summed E-state index contributed by atoms with van der Waals surface area (Å²) < 4.78 is 39.4.